The molecule has 0 unspecified atom stereocenters. The third kappa shape index (κ3) is 2.53. The molecule has 1 aromatic heterocycles. The minimum absolute atomic E-state index is 0.00145. The molecule has 7 heteroatoms. The van der Waals surface area contributed by atoms with E-state index in [1.165, 1.54) is 29.1 Å². The Labute approximate surface area is 120 Å². The van der Waals surface area contributed by atoms with Gasteiger partial charge in [0.25, 0.3) is 0 Å². The first kappa shape index (κ1) is 14.1. The lowest BCUT2D eigenvalue weighted by molar-refractivity contribution is 0.0526. The molecule has 0 atom stereocenters. The molecule has 2 rings (SSSR count). The first-order chi connectivity index (χ1) is 10.1. The summed E-state index contributed by atoms with van der Waals surface area (Å²) in [7, 11) is 0. The molecular weight excluding hydrogens is 270 g/mol. The lowest BCUT2D eigenvalue weighted by Gasteiger charge is -2.09. The highest BCUT2D eigenvalue weighted by atomic mass is 16.5. The summed E-state index contributed by atoms with van der Waals surface area (Å²) in [6.07, 6.45) is 1.32. The van der Waals surface area contributed by atoms with E-state index in [0.717, 1.165) is 0 Å². The number of nitrogen functional groups attached to an aromatic ring is 1. The summed E-state index contributed by atoms with van der Waals surface area (Å²) in [6, 6.07) is 8.29. The van der Waals surface area contributed by atoms with Crippen molar-refractivity contribution in [1.82, 2.24) is 9.55 Å². The molecule has 0 aliphatic rings. The Bertz CT molecular complexity index is 780. The van der Waals surface area contributed by atoms with Gasteiger partial charge in [0.2, 0.25) is 0 Å². The molecule has 0 aliphatic carbocycles. The highest BCUT2D eigenvalue weighted by Gasteiger charge is 2.16. The summed E-state index contributed by atoms with van der Waals surface area (Å²) in [5.74, 6) is -0.488. The van der Waals surface area contributed by atoms with Crippen LogP contribution < -0.4 is 5.73 Å². The molecule has 2 aromatic rings. The van der Waals surface area contributed by atoms with Gasteiger partial charge in [0.1, 0.15) is 18.5 Å². The predicted octanol–water partition coefficient (Wildman–Crippen LogP) is 1.37. The standard InChI is InChI=1S/C14H11N5O2/c1-2-21-14(20)9-3-4-10(17)12(5-9)19-8-18-11(6-15)13(19)7-16/h3-5,8H,2,17H2,1H3. The first-order valence-electron chi connectivity index (χ1n) is 6.07. The molecule has 0 radical (unpaired) electrons. The number of rotatable bonds is 3. The molecule has 0 aliphatic heterocycles. The minimum Gasteiger partial charge on any atom is -0.462 e. The van der Waals surface area contributed by atoms with E-state index in [0.29, 0.717) is 16.9 Å². The summed E-state index contributed by atoms with van der Waals surface area (Å²) in [6.45, 7) is 1.96. The number of nitriles is 2. The molecule has 0 saturated heterocycles. The number of hydrogen-bond acceptors (Lipinski definition) is 6. The highest BCUT2D eigenvalue weighted by Crippen LogP contribution is 2.22. The van der Waals surface area contributed by atoms with Crippen LogP contribution in [0.4, 0.5) is 5.69 Å². The van der Waals surface area contributed by atoms with Gasteiger partial charge in [0.15, 0.2) is 11.4 Å². The largest absolute Gasteiger partial charge is 0.462 e. The van der Waals surface area contributed by atoms with Crippen molar-refractivity contribution >= 4 is 11.7 Å². The number of aromatic nitrogens is 2. The Morgan fingerprint density at radius 2 is 2.19 bits per heavy atom. The van der Waals surface area contributed by atoms with Gasteiger partial charge in [0.05, 0.1) is 23.5 Å². The maximum atomic E-state index is 11.8. The SMILES string of the molecule is CCOC(=O)c1ccc(N)c(-n2cnc(C#N)c2C#N)c1. The second kappa shape index (κ2) is 5.76. The van der Waals surface area contributed by atoms with Crippen LogP contribution in [0.2, 0.25) is 0 Å². The smallest absolute Gasteiger partial charge is 0.338 e. The van der Waals surface area contributed by atoms with E-state index in [1.54, 1.807) is 6.92 Å². The van der Waals surface area contributed by atoms with E-state index in [-0.39, 0.29) is 18.0 Å². The van der Waals surface area contributed by atoms with Gasteiger partial charge in [-0.3, -0.25) is 4.57 Å². The lowest BCUT2D eigenvalue weighted by Crippen LogP contribution is -2.08. The van der Waals surface area contributed by atoms with Crippen molar-refractivity contribution in [3.63, 3.8) is 0 Å². The molecule has 0 amide bonds. The van der Waals surface area contributed by atoms with Gasteiger partial charge in [-0.1, -0.05) is 0 Å². The number of carbonyl (C=O) groups is 1. The van der Waals surface area contributed by atoms with E-state index >= 15 is 0 Å². The van der Waals surface area contributed by atoms with Crippen LogP contribution in [0, 0.1) is 22.7 Å². The van der Waals surface area contributed by atoms with Crippen LogP contribution in [0.5, 0.6) is 0 Å². The quantitative estimate of drug-likeness (QED) is 0.670. The number of esters is 1. The molecule has 7 nitrogen and oxygen atoms in total. The normalized spacial score (nSPS) is 9.67. The van der Waals surface area contributed by atoms with Crippen molar-refractivity contribution in [3.8, 4) is 17.8 Å². The van der Waals surface area contributed by atoms with E-state index in [4.69, 9.17) is 21.0 Å². The average molecular weight is 281 g/mol. The van der Waals surface area contributed by atoms with Crippen molar-refractivity contribution in [2.75, 3.05) is 12.3 Å². The van der Waals surface area contributed by atoms with Gasteiger partial charge in [-0.15, -0.1) is 0 Å². The van der Waals surface area contributed by atoms with Gasteiger partial charge < -0.3 is 10.5 Å². The molecule has 21 heavy (non-hydrogen) atoms. The Balaban J connectivity index is 2.57. The van der Waals surface area contributed by atoms with E-state index in [2.05, 4.69) is 4.98 Å². The second-order valence-corrected chi connectivity index (χ2v) is 4.03. The maximum absolute atomic E-state index is 11.8. The molecule has 1 aromatic carbocycles. The van der Waals surface area contributed by atoms with Crippen LogP contribution in [-0.4, -0.2) is 22.1 Å². The molecule has 2 N–H and O–H groups in total. The number of nitrogens with two attached hydrogens (primary N) is 1. The third-order valence-corrected chi connectivity index (χ3v) is 2.78. The van der Waals surface area contributed by atoms with Crippen LogP contribution in [0.25, 0.3) is 5.69 Å². The number of benzene rings is 1. The lowest BCUT2D eigenvalue weighted by atomic mass is 10.1. The average Bonchev–Trinajstić information content (AvgIpc) is 2.90. The summed E-state index contributed by atoms with van der Waals surface area (Å²) < 4.78 is 6.29. The molecule has 0 bridgehead atoms. The fourth-order valence-corrected chi connectivity index (χ4v) is 1.81. The van der Waals surface area contributed by atoms with Gasteiger partial charge in [-0.2, -0.15) is 10.5 Å². The predicted molar refractivity (Wildman–Crippen MR) is 73.4 cm³/mol. The van der Waals surface area contributed by atoms with Crippen LogP contribution in [-0.2, 0) is 4.74 Å². The van der Waals surface area contributed by atoms with Gasteiger partial charge in [0, 0.05) is 0 Å². The van der Waals surface area contributed by atoms with Crippen LogP contribution in [0.3, 0.4) is 0 Å². The number of nitrogens with zero attached hydrogens (tertiary/aromatic N) is 4. The van der Waals surface area contributed by atoms with Gasteiger partial charge in [-0.25, -0.2) is 9.78 Å². The zero-order valence-corrected chi connectivity index (χ0v) is 11.2. The first-order valence-corrected chi connectivity index (χ1v) is 6.07. The fraction of sp³-hybridized carbons (Fsp3) is 0.143. The van der Waals surface area contributed by atoms with Crippen LogP contribution >= 0.6 is 0 Å². The fourth-order valence-electron chi connectivity index (χ4n) is 1.81. The Hall–Kier alpha value is -3.32. The van der Waals surface area contributed by atoms with E-state index in [1.807, 2.05) is 12.1 Å². The zero-order valence-electron chi connectivity index (χ0n) is 11.2. The molecule has 0 spiro atoms. The van der Waals surface area contributed by atoms with E-state index in [9.17, 15) is 4.79 Å². The Morgan fingerprint density at radius 3 is 2.81 bits per heavy atom. The number of carbonyl (C=O) groups excluding carboxylic acids is 1. The van der Waals surface area contributed by atoms with Gasteiger partial charge >= 0.3 is 5.97 Å². The summed E-state index contributed by atoms with van der Waals surface area (Å²) >= 11 is 0. The summed E-state index contributed by atoms with van der Waals surface area (Å²) in [4.78, 5) is 15.6. The number of ether oxygens (including phenoxy) is 1. The maximum Gasteiger partial charge on any atom is 0.338 e. The molecular formula is C14H11N5O2. The van der Waals surface area contributed by atoms with Crippen molar-refractivity contribution in [3.05, 3.63) is 41.5 Å². The zero-order chi connectivity index (χ0) is 15.4. The molecule has 0 fully saturated rings. The van der Waals surface area contributed by atoms with Crippen molar-refractivity contribution in [2.45, 2.75) is 6.92 Å². The Morgan fingerprint density at radius 1 is 1.43 bits per heavy atom. The van der Waals surface area contributed by atoms with Crippen LogP contribution in [0.1, 0.15) is 28.7 Å². The van der Waals surface area contributed by atoms with Crippen molar-refractivity contribution in [1.29, 1.82) is 10.5 Å². The summed E-state index contributed by atoms with van der Waals surface area (Å²) in [5.41, 5.74) is 6.98. The number of imidazole rings is 1. The molecule has 104 valence electrons. The van der Waals surface area contributed by atoms with Crippen molar-refractivity contribution in [2.24, 2.45) is 0 Å². The third-order valence-electron chi connectivity index (χ3n) is 2.78. The molecule has 1 heterocycles. The van der Waals surface area contributed by atoms with Crippen LogP contribution in [0.15, 0.2) is 24.5 Å². The number of hydrogen-bond donors (Lipinski definition) is 1. The Kier molecular flexibility index (Phi) is 3.87. The summed E-state index contributed by atoms with van der Waals surface area (Å²) in [5, 5.41) is 18.0. The topological polar surface area (TPSA) is 118 Å². The molecule has 0 saturated carbocycles. The highest BCUT2D eigenvalue weighted by molar-refractivity contribution is 5.91. The van der Waals surface area contributed by atoms with E-state index < -0.39 is 5.97 Å². The van der Waals surface area contributed by atoms with Gasteiger partial charge in [-0.05, 0) is 25.1 Å². The van der Waals surface area contributed by atoms with Crippen molar-refractivity contribution < 1.29 is 9.53 Å². The minimum atomic E-state index is -0.488. The second-order valence-electron chi connectivity index (χ2n) is 4.03. The monoisotopic (exact) mass is 281 g/mol. The number of anilines is 1.